The van der Waals surface area contributed by atoms with E-state index in [0.717, 1.165) is 22.2 Å². The van der Waals surface area contributed by atoms with Crippen LogP contribution in [-0.2, 0) is 4.79 Å². The number of hydrogen-bond donors (Lipinski definition) is 0. The normalized spacial score (nSPS) is 15.3. The average Bonchev–Trinajstić information content (AvgIpc) is 3.28. The molecule has 1 fully saturated rings. The van der Waals surface area contributed by atoms with Gasteiger partial charge in [-0.3, -0.25) is 19.7 Å². The lowest BCUT2D eigenvalue weighted by molar-refractivity contribution is -0.384. The fourth-order valence-corrected chi connectivity index (χ4v) is 3.79. The quantitative estimate of drug-likeness (QED) is 0.327. The first-order valence-electron chi connectivity index (χ1n) is 8.62. The standard InChI is InChI=1S/C21H14N2O5S/c1-13-5-2-3-8-17(13)22-20(24)19(29-21(22)25)12-16-9-10-18(28-16)14-6-4-7-15(11-14)23(26)27/h2-12H,1H3/b19-12-. The van der Waals surface area contributed by atoms with Crippen molar-refractivity contribution < 1.29 is 18.9 Å². The molecule has 0 bridgehead atoms. The highest BCUT2D eigenvalue weighted by molar-refractivity contribution is 8.19. The number of rotatable bonds is 4. The zero-order valence-electron chi connectivity index (χ0n) is 15.2. The summed E-state index contributed by atoms with van der Waals surface area (Å²) in [5.74, 6) is 0.391. The van der Waals surface area contributed by atoms with Gasteiger partial charge in [-0.15, -0.1) is 0 Å². The van der Waals surface area contributed by atoms with Gasteiger partial charge < -0.3 is 4.42 Å². The number of non-ortho nitro benzene ring substituents is 1. The van der Waals surface area contributed by atoms with E-state index >= 15 is 0 Å². The lowest BCUT2D eigenvalue weighted by Gasteiger charge is -2.14. The van der Waals surface area contributed by atoms with Crippen LogP contribution in [0.2, 0.25) is 0 Å². The van der Waals surface area contributed by atoms with E-state index < -0.39 is 10.8 Å². The fourth-order valence-electron chi connectivity index (χ4n) is 2.98. The Labute approximate surface area is 169 Å². The summed E-state index contributed by atoms with van der Waals surface area (Å²) in [6, 6.07) is 16.6. The number of aryl methyl sites for hydroxylation is 1. The van der Waals surface area contributed by atoms with Gasteiger partial charge >= 0.3 is 0 Å². The molecule has 7 nitrogen and oxygen atoms in total. The van der Waals surface area contributed by atoms with Crippen LogP contribution in [0.15, 0.2) is 70.0 Å². The van der Waals surface area contributed by atoms with Crippen molar-refractivity contribution in [2.24, 2.45) is 0 Å². The van der Waals surface area contributed by atoms with Gasteiger partial charge in [0.2, 0.25) is 0 Å². The number of para-hydroxylation sites is 1. The third-order valence-electron chi connectivity index (χ3n) is 4.39. The number of amides is 2. The summed E-state index contributed by atoms with van der Waals surface area (Å²) in [5, 5.41) is 10.6. The maximum absolute atomic E-state index is 12.8. The molecule has 0 N–H and O–H groups in total. The van der Waals surface area contributed by atoms with Crippen molar-refractivity contribution in [3.05, 3.63) is 87.0 Å². The van der Waals surface area contributed by atoms with Crippen LogP contribution < -0.4 is 4.90 Å². The number of nitrogens with zero attached hydrogens (tertiary/aromatic N) is 2. The number of benzene rings is 2. The number of nitro groups is 1. The lowest BCUT2D eigenvalue weighted by atomic mass is 10.1. The van der Waals surface area contributed by atoms with Crippen LogP contribution in [0, 0.1) is 17.0 Å². The molecule has 0 aliphatic carbocycles. The number of thioether (sulfide) groups is 1. The number of furan rings is 1. The minimum atomic E-state index is -0.477. The third-order valence-corrected chi connectivity index (χ3v) is 5.26. The molecular weight excluding hydrogens is 392 g/mol. The molecule has 0 atom stereocenters. The average molecular weight is 406 g/mol. The summed E-state index contributed by atoms with van der Waals surface area (Å²) in [6.07, 6.45) is 1.50. The summed E-state index contributed by atoms with van der Waals surface area (Å²) in [4.78, 5) is 37.0. The molecular formula is C21H14N2O5S. The Morgan fingerprint density at radius 2 is 1.86 bits per heavy atom. The molecule has 3 aromatic rings. The van der Waals surface area contributed by atoms with Crippen molar-refractivity contribution in [2.75, 3.05) is 4.90 Å². The van der Waals surface area contributed by atoms with Crippen LogP contribution >= 0.6 is 11.8 Å². The Morgan fingerprint density at radius 3 is 2.62 bits per heavy atom. The van der Waals surface area contributed by atoms with Crippen LogP contribution in [0.3, 0.4) is 0 Å². The highest BCUT2D eigenvalue weighted by Gasteiger charge is 2.37. The molecule has 2 heterocycles. The smallest absolute Gasteiger partial charge is 0.298 e. The van der Waals surface area contributed by atoms with Crippen molar-refractivity contribution in [1.82, 2.24) is 0 Å². The van der Waals surface area contributed by atoms with Gasteiger partial charge in [-0.2, -0.15) is 0 Å². The van der Waals surface area contributed by atoms with Gasteiger partial charge in [0.25, 0.3) is 16.8 Å². The monoisotopic (exact) mass is 406 g/mol. The number of nitro benzene ring substituents is 1. The summed E-state index contributed by atoms with van der Waals surface area (Å²) in [6.45, 7) is 1.83. The molecule has 1 aromatic heterocycles. The van der Waals surface area contributed by atoms with Crippen molar-refractivity contribution in [1.29, 1.82) is 0 Å². The highest BCUT2D eigenvalue weighted by atomic mass is 32.2. The van der Waals surface area contributed by atoms with Gasteiger partial charge in [-0.05, 0) is 42.4 Å². The van der Waals surface area contributed by atoms with Gasteiger partial charge in [-0.25, -0.2) is 4.90 Å². The van der Waals surface area contributed by atoms with Crippen LogP contribution in [0.5, 0.6) is 0 Å². The Bertz CT molecular complexity index is 1180. The molecule has 0 radical (unpaired) electrons. The molecule has 4 rings (SSSR count). The van der Waals surface area contributed by atoms with E-state index in [1.807, 2.05) is 19.1 Å². The van der Waals surface area contributed by atoms with Crippen molar-refractivity contribution in [3.8, 4) is 11.3 Å². The van der Waals surface area contributed by atoms with Crippen LogP contribution in [-0.4, -0.2) is 16.1 Å². The number of carbonyl (C=O) groups excluding carboxylic acids is 2. The summed E-state index contributed by atoms with van der Waals surface area (Å²) in [7, 11) is 0. The first-order chi connectivity index (χ1) is 13.9. The topological polar surface area (TPSA) is 93.7 Å². The van der Waals surface area contributed by atoms with E-state index in [2.05, 4.69) is 0 Å². The molecule has 1 aliphatic rings. The molecule has 1 saturated heterocycles. The minimum Gasteiger partial charge on any atom is -0.457 e. The summed E-state index contributed by atoms with van der Waals surface area (Å²) in [5.41, 5.74) is 1.88. The summed E-state index contributed by atoms with van der Waals surface area (Å²) < 4.78 is 5.72. The molecule has 1 aliphatic heterocycles. The fraction of sp³-hybridized carbons (Fsp3) is 0.0476. The highest BCUT2D eigenvalue weighted by Crippen LogP contribution is 2.37. The second kappa shape index (κ2) is 7.40. The van der Waals surface area contributed by atoms with Gasteiger partial charge in [0, 0.05) is 23.8 Å². The molecule has 0 saturated carbocycles. The van der Waals surface area contributed by atoms with Crippen LogP contribution in [0.1, 0.15) is 11.3 Å². The van der Waals surface area contributed by atoms with Crippen molar-refractivity contribution in [3.63, 3.8) is 0 Å². The van der Waals surface area contributed by atoms with Gasteiger partial charge in [0.15, 0.2) is 0 Å². The van der Waals surface area contributed by atoms with Crippen LogP contribution in [0.4, 0.5) is 16.2 Å². The van der Waals surface area contributed by atoms with E-state index in [-0.39, 0.29) is 15.8 Å². The molecule has 8 heteroatoms. The Hall–Kier alpha value is -3.65. The molecule has 0 unspecified atom stereocenters. The van der Waals surface area contributed by atoms with E-state index in [1.54, 1.807) is 36.4 Å². The van der Waals surface area contributed by atoms with Gasteiger partial charge in [0.1, 0.15) is 11.5 Å². The van der Waals surface area contributed by atoms with E-state index in [4.69, 9.17) is 4.42 Å². The Morgan fingerprint density at radius 1 is 1.07 bits per heavy atom. The van der Waals surface area contributed by atoms with E-state index in [9.17, 15) is 19.7 Å². The molecule has 2 aromatic carbocycles. The van der Waals surface area contributed by atoms with E-state index in [0.29, 0.717) is 22.8 Å². The van der Waals surface area contributed by atoms with Crippen molar-refractivity contribution >= 4 is 40.4 Å². The largest absolute Gasteiger partial charge is 0.457 e. The van der Waals surface area contributed by atoms with E-state index in [1.165, 1.54) is 18.2 Å². The second-order valence-corrected chi connectivity index (χ2v) is 7.31. The minimum absolute atomic E-state index is 0.0419. The summed E-state index contributed by atoms with van der Waals surface area (Å²) >= 11 is 0.841. The first-order valence-corrected chi connectivity index (χ1v) is 9.44. The maximum Gasteiger partial charge on any atom is 0.298 e. The number of imide groups is 1. The molecule has 144 valence electrons. The molecule has 29 heavy (non-hydrogen) atoms. The maximum atomic E-state index is 12.8. The number of carbonyl (C=O) groups is 2. The molecule has 2 amide bonds. The molecule has 0 spiro atoms. The second-order valence-electron chi connectivity index (χ2n) is 6.31. The zero-order valence-corrected chi connectivity index (χ0v) is 16.0. The lowest BCUT2D eigenvalue weighted by Crippen LogP contribution is -2.28. The SMILES string of the molecule is Cc1ccccc1N1C(=O)S/C(=C\c2ccc(-c3cccc([N+](=O)[O-])c3)o2)C1=O. The van der Waals surface area contributed by atoms with Gasteiger partial charge in [0.05, 0.1) is 15.5 Å². The van der Waals surface area contributed by atoms with Crippen LogP contribution in [0.25, 0.3) is 17.4 Å². The third kappa shape index (κ3) is 3.57. The predicted molar refractivity (Wildman–Crippen MR) is 110 cm³/mol. The Balaban J connectivity index is 1.62. The zero-order chi connectivity index (χ0) is 20.5. The van der Waals surface area contributed by atoms with Gasteiger partial charge in [-0.1, -0.05) is 30.3 Å². The Kier molecular flexibility index (Phi) is 4.77. The number of hydrogen-bond acceptors (Lipinski definition) is 6. The van der Waals surface area contributed by atoms with Crippen molar-refractivity contribution in [2.45, 2.75) is 6.92 Å². The first kappa shape index (κ1) is 18.7. The predicted octanol–water partition coefficient (Wildman–Crippen LogP) is 5.40. The number of anilines is 1.